The van der Waals surface area contributed by atoms with Crippen molar-refractivity contribution in [1.29, 1.82) is 5.26 Å². The van der Waals surface area contributed by atoms with Gasteiger partial charge in [0.2, 0.25) is 0 Å². The molecule has 0 spiro atoms. The lowest BCUT2D eigenvalue weighted by molar-refractivity contribution is -0.0510. The van der Waals surface area contributed by atoms with E-state index >= 15 is 0 Å². The van der Waals surface area contributed by atoms with Crippen LogP contribution in [-0.2, 0) is 9.47 Å². The van der Waals surface area contributed by atoms with E-state index in [0.717, 1.165) is 5.57 Å². The number of carbonyl (C=O) groups is 1. The number of amides is 1. The van der Waals surface area contributed by atoms with Gasteiger partial charge in [0.1, 0.15) is 17.5 Å². The summed E-state index contributed by atoms with van der Waals surface area (Å²) in [7, 11) is 0. The Kier molecular flexibility index (Phi) is 4.53. The van der Waals surface area contributed by atoms with Gasteiger partial charge in [-0.3, -0.25) is 4.90 Å². The molecule has 3 rings (SSSR count). The number of benzene rings is 1. The van der Waals surface area contributed by atoms with Crippen LogP contribution in [0.5, 0.6) is 0 Å². The van der Waals surface area contributed by atoms with Gasteiger partial charge in [0.25, 0.3) is 0 Å². The maximum absolute atomic E-state index is 14.5. The number of nitrogens with zero attached hydrogens (tertiary/aromatic N) is 2. The molecule has 0 saturated carbocycles. The molecule has 0 aliphatic carbocycles. The van der Waals surface area contributed by atoms with Crippen molar-refractivity contribution < 1.29 is 18.7 Å². The summed E-state index contributed by atoms with van der Waals surface area (Å²) in [6.45, 7) is 6.20. The van der Waals surface area contributed by atoms with Crippen LogP contribution in [0.2, 0.25) is 0 Å². The molecule has 0 N–H and O–H groups in total. The van der Waals surface area contributed by atoms with Crippen molar-refractivity contribution in [3.05, 3.63) is 41.2 Å². The molecular weight excluding hydrogens is 323 g/mol. The topological polar surface area (TPSA) is 62.6 Å². The SMILES string of the molecule is CC(C)(C)OC(=O)N1C2C=C(c3cccc(C#N)c3F)CC1COC2. The first-order chi connectivity index (χ1) is 11.8. The van der Waals surface area contributed by atoms with Crippen LogP contribution in [0.25, 0.3) is 5.57 Å². The molecule has 1 saturated heterocycles. The van der Waals surface area contributed by atoms with Gasteiger partial charge in [-0.15, -0.1) is 0 Å². The van der Waals surface area contributed by atoms with E-state index in [1.165, 1.54) is 6.07 Å². The Balaban J connectivity index is 1.92. The Labute approximate surface area is 146 Å². The average Bonchev–Trinajstić information content (AvgIpc) is 2.52. The van der Waals surface area contributed by atoms with Crippen molar-refractivity contribution in [2.24, 2.45) is 0 Å². The van der Waals surface area contributed by atoms with Crippen LogP contribution in [0, 0.1) is 17.1 Å². The second-order valence-corrected chi connectivity index (χ2v) is 7.32. The Morgan fingerprint density at radius 2 is 2.16 bits per heavy atom. The fourth-order valence-electron chi connectivity index (χ4n) is 3.26. The smallest absolute Gasteiger partial charge is 0.411 e. The minimum absolute atomic E-state index is 0.0226. The van der Waals surface area contributed by atoms with E-state index in [1.807, 2.05) is 32.9 Å². The number of fused-ring (bicyclic) bond motifs is 2. The molecule has 1 aromatic rings. The van der Waals surface area contributed by atoms with Gasteiger partial charge in [-0.2, -0.15) is 5.26 Å². The molecule has 2 unspecified atom stereocenters. The highest BCUT2D eigenvalue weighted by atomic mass is 19.1. The van der Waals surface area contributed by atoms with Crippen molar-refractivity contribution in [1.82, 2.24) is 4.90 Å². The van der Waals surface area contributed by atoms with Crippen LogP contribution in [0.1, 0.15) is 38.3 Å². The van der Waals surface area contributed by atoms with E-state index in [1.54, 1.807) is 17.0 Å². The molecule has 6 heteroatoms. The minimum atomic E-state index is -0.580. The summed E-state index contributed by atoms with van der Waals surface area (Å²) in [6, 6.07) is 6.15. The minimum Gasteiger partial charge on any atom is -0.444 e. The van der Waals surface area contributed by atoms with E-state index in [9.17, 15) is 9.18 Å². The number of morpholine rings is 1. The Morgan fingerprint density at radius 3 is 2.80 bits per heavy atom. The van der Waals surface area contributed by atoms with Gasteiger partial charge in [0.15, 0.2) is 0 Å². The molecule has 2 heterocycles. The number of carbonyl (C=O) groups excluding carboxylic acids is 1. The van der Waals surface area contributed by atoms with Crippen LogP contribution in [0.4, 0.5) is 9.18 Å². The normalized spacial score (nSPS) is 22.8. The van der Waals surface area contributed by atoms with Crippen LogP contribution in [0.15, 0.2) is 24.3 Å². The van der Waals surface area contributed by atoms with Crippen molar-refractivity contribution in [3.63, 3.8) is 0 Å². The van der Waals surface area contributed by atoms with Gasteiger partial charge in [0, 0.05) is 5.56 Å². The van der Waals surface area contributed by atoms with E-state index in [-0.39, 0.29) is 23.7 Å². The summed E-state index contributed by atoms with van der Waals surface area (Å²) in [4.78, 5) is 14.2. The molecule has 2 atom stereocenters. The van der Waals surface area contributed by atoms with E-state index in [0.29, 0.717) is 25.2 Å². The highest BCUT2D eigenvalue weighted by Crippen LogP contribution is 2.35. The summed E-state index contributed by atoms with van der Waals surface area (Å²) in [5.74, 6) is -0.513. The third-order valence-corrected chi connectivity index (χ3v) is 4.27. The van der Waals surface area contributed by atoms with Crippen molar-refractivity contribution in [3.8, 4) is 6.07 Å². The summed E-state index contributed by atoms with van der Waals surface area (Å²) < 4.78 is 25.6. The summed E-state index contributed by atoms with van der Waals surface area (Å²) >= 11 is 0. The quantitative estimate of drug-likeness (QED) is 0.782. The summed E-state index contributed by atoms with van der Waals surface area (Å²) in [5, 5.41) is 9.03. The maximum atomic E-state index is 14.5. The highest BCUT2D eigenvalue weighted by molar-refractivity contribution is 5.75. The highest BCUT2D eigenvalue weighted by Gasteiger charge is 2.40. The molecule has 1 aromatic carbocycles. The molecule has 25 heavy (non-hydrogen) atoms. The Bertz CT molecular complexity index is 761. The predicted molar refractivity (Wildman–Crippen MR) is 90.2 cm³/mol. The van der Waals surface area contributed by atoms with Crippen molar-refractivity contribution in [2.45, 2.75) is 44.9 Å². The summed E-state index contributed by atoms with van der Waals surface area (Å²) in [5.41, 5.74) is 0.658. The number of rotatable bonds is 1. The second-order valence-electron chi connectivity index (χ2n) is 7.32. The average molecular weight is 344 g/mol. The molecule has 0 radical (unpaired) electrons. The Hall–Kier alpha value is -2.39. The first kappa shape index (κ1) is 17.4. The number of hydrogen-bond donors (Lipinski definition) is 0. The zero-order valence-electron chi connectivity index (χ0n) is 14.6. The number of ether oxygens (including phenoxy) is 2. The first-order valence-electron chi connectivity index (χ1n) is 8.29. The molecule has 2 bridgehead atoms. The zero-order valence-corrected chi connectivity index (χ0v) is 14.6. The van der Waals surface area contributed by atoms with Crippen LogP contribution in [0.3, 0.4) is 0 Å². The maximum Gasteiger partial charge on any atom is 0.411 e. The van der Waals surface area contributed by atoms with E-state index in [4.69, 9.17) is 14.7 Å². The lowest BCUT2D eigenvalue weighted by Crippen LogP contribution is -2.57. The molecule has 132 valence electrons. The monoisotopic (exact) mass is 344 g/mol. The molecular formula is C19H21FN2O3. The summed E-state index contributed by atoms with van der Waals surface area (Å²) in [6.07, 6.45) is 1.92. The van der Waals surface area contributed by atoms with Gasteiger partial charge in [-0.1, -0.05) is 18.2 Å². The van der Waals surface area contributed by atoms with Gasteiger partial charge >= 0.3 is 6.09 Å². The van der Waals surface area contributed by atoms with Gasteiger partial charge < -0.3 is 9.47 Å². The number of halogens is 1. The fraction of sp³-hybridized carbons (Fsp3) is 0.474. The molecule has 2 aliphatic heterocycles. The van der Waals surface area contributed by atoms with Gasteiger partial charge in [-0.05, 0) is 38.8 Å². The fourth-order valence-corrected chi connectivity index (χ4v) is 3.26. The first-order valence-corrected chi connectivity index (χ1v) is 8.29. The largest absolute Gasteiger partial charge is 0.444 e. The van der Waals surface area contributed by atoms with Crippen molar-refractivity contribution >= 4 is 11.7 Å². The molecule has 2 aliphatic rings. The number of nitriles is 1. The molecule has 1 amide bonds. The molecule has 5 nitrogen and oxygen atoms in total. The molecule has 1 fully saturated rings. The van der Waals surface area contributed by atoms with E-state index < -0.39 is 11.4 Å². The van der Waals surface area contributed by atoms with Gasteiger partial charge in [-0.25, -0.2) is 9.18 Å². The second kappa shape index (κ2) is 6.49. The lowest BCUT2D eigenvalue weighted by Gasteiger charge is -2.44. The lowest BCUT2D eigenvalue weighted by atomic mass is 9.89. The molecule has 0 aromatic heterocycles. The van der Waals surface area contributed by atoms with Crippen LogP contribution in [-0.4, -0.2) is 41.9 Å². The third kappa shape index (κ3) is 3.52. The number of hydrogen-bond acceptors (Lipinski definition) is 4. The van der Waals surface area contributed by atoms with Crippen molar-refractivity contribution in [2.75, 3.05) is 13.2 Å². The van der Waals surface area contributed by atoms with Gasteiger partial charge in [0.05, 0.1) is 30.9 Å². The van der Waals surface area contributed by atoms with E-state index in [2.05, 4.69) is 0 Å². The predicted octanol–water partition coefficient (Wildman–Crippen LogP) is 3.49. The van der Waals surface area contributed by atoms with Crippen LogP contribution < -0.4 is 0 Å². The van der Waals surface area contributed by atoms with Crippen LogP contribution >= 0.6 is 0 Å². The standard InChI is InChI=1S/C19H21FN2O3/c1-19(2,3)25-18(23)22-14-7-13(8-15(22)11-24-10-14)16-6-4-5-12(9-21)17(16)20/h4-7,14-15H,8,10-11H2,1-3H3. The zero-order chi connectivity index (χ0) is 18.2. The Morgan fingerprint density at radius 1 is 1.40 bits per heavy atom. The third-order valence-electron chi connectivity index (χ3n) is 4.27.